The van der Waals surface area contributed by atoms with E-state index in [-0.39, 0.29) is 10.2 Å². The lowest BCUT2D eigenvalue weighted by molar-refractivity contribution is 0.926. The summed E-state index contributed by atoms with van der Waals surface area (Å²) in [5.74, 6) is 0. The molecule has 0 heterocycles. The van der Waals surface area contributed by atoms with E-state index in [9.17, 15) is 0 Å². The van der Waals surface area contributed by atoms with Crippen molar-refractivity contribution in [1.29, 1.82) is 0 Å². The van der Waals surface area contributed by atoms with Gasteiger partial charge in [-0.2, -0.15) is 30.6 Å². The Balaban J connectivity index is 4.38. The summed E-state index contributed by atoms with van der Waals surface area (Å²) in [7, 11) is 3.38. The molecule has 0 saturated carbocycles. The van der Waals surface area contributed by atoms with Gasteiger partial charge in [0.25, 0.3) is 0 Å². The number of nitrogens with zero attached hydrogens (tertiary/aromatic N) is 6. The third kappa shape index (κ3) is 15.6. The van der Waals surface area contributed by atoms with Crippen LogP contribution in [0.2, 0.25) is 0 Å². The molecule has 0 aromatic rings. The van der Waals surface area contributed by atoms with Gasteiger partial charge >= 0.3 is 0 Å². The van der Waals surface area contributed by atoms with Crippen LogP contribution in [0.4, 0.5) is 0 Å². The predicted molar refractivity (Wildman–Crippen MR) is 157 cm³/mol. The van der Waals surface area contributed by atoms with Gasteiger partial charge in [-0.3, -0.25) is 32.6 Å². The molecule has 0 unspecified atom stereocenters. The number of hydrogen-bond acceptors (Lipinski definition) is 10. The summed E-state index contributed by atoms with van der Waals surface area (Å²) in [6.07, 6.45) is 2.72. The highest BCUT2D eigenvalue weighted by molar-refractivity contribution is 7.80. The zero-order chi connectivity index (χ0) is 25.9. The fourth-order valence-electron chi connectivity index (χ4n) is 1.28. The zero-order valence-electron chi connectivity index (χ0n) is 19.5. The van der Waals surface area contributed by atoms with Gasteiger partial charge in [0.15, 0.2) is 10.2 Å². The lowest BCUT2D eigenvalue weighted by atomic mass is 10.3. The van der Waals surface area contributed by atoms with Crippen molar-refractivity contribution in [2.75, 3.05) is 14.1 Å². The Kier molecular flexibility index (Phi) is 16.5. The van der Waals surface area contributed by atoms with E-state index >= 15 is 0 Å². The molecule has 0 aliphatic carbocycles. The van der Waals surface area contributed by atoms with Crippen LogP contribution in [-0.2, 0) is 0 Å². The third-order valence-electron chi connectivity index (χ3n) is 3.35. The summed E-state index contributed by atoms with van der Waals surface area (Å²) in [5.41, 5.74) is 18.2. The quantitative estimate of drug-likeness (QED) is 0.107. The van der Waals surface area contributed by atoms with Gasteiger partial charge in [0.2, 0.25) is 10.2 Å². The van der Waals surface area contributed by atoms with E-state index < -0.39 is 0 Å². The highest BCUT2D eigenvalue weighted by Crippen LogP contribution is 1.84. The number of thiocarbonyl (C=S) groups is 4. The van der Waals surface area contributed by atoms with Crippen LogP contribution in [0.25, 0.3) is 0 Å². The smallest absolute Gasteiger partial charge is 0.207 e. The molecule has 186 valence electrons. The first-order valence-corrected chi connectivity index (χ1v) is 11.0. The maximum atomic E-state index is 5.06. The van der Waals surface area contributed by atoms with Crippen LogP contribution in [0.5, 0.6) is 0 Å². The van der Waals surface area contributed by atoms with E-state index in [2.05, 4.69) is 73.8 Å². The second-order valence-corrected chi connectivity index (χ2v) is 7.47. The number of rotatable bonds is 9. The maximum absolute atomic E-state index is 5.06. The van der Waals surface area contributed by atoms with Crippen molar-refractivity contribution in [2.45, 2.75) is 27.7 Å². The van der Waals surface area contributed by atoms with E-state index in [0.717, 1.165) is 0 Å². The van der Waals surface area contributed by atoms with Gasteiger partial charge in [-0.05, 0) is 76.6 Å². The molecule has 0 atom stereocenters. The standard InChI is InChI=1S/C16H28N14S4/c1-9(21-27-13(31)17-5)11(3)23-29-15(33)25-19-7-8-20-26-16(34)30-24-12(4)10(2)22-28-14(32)18-6/h7-8H,1-6H3,(H2,17,27,31)(H2,18,28,32)(H2,25,29,33)(H2,26,30,34)/b19-7+,20-8+,21-9+,22-10+,23-11+,24-12+. The van der Waals surface area contributed by atoms with E-state index in [0.29, 0.717) is 33.1 Å². The number of nitrogens with one attached hydrogen (secondary N) is 8. The molecule has 0 radical (unpaired) electrons. The van der Waals surface area contributed by atoms with E-state index in [1.54, 1.807) is 41.8 Å². The Labute approximate surface area is 219 Å². The molecule has 0 aliphatic rings. The van der Waals surface area contributed by atoms with Crippen molar-refractivity contribution in [3.05, 3.63) is 0 Å². The summed E-state index contributed by atoms with van der Waals surface area (Å²) >= 11 is 20.0. The molecule has 34 heavy (non-hydrogen) atoms. The summed E-state index contributed by atoms with van der Waals surface area (Å²) in [6, 6.07) is 0. The van der Waals surface area contributed by atoms with Gasteiger partial charge in [0.1, 0.15) is 0 Å². The molecule has 18 heteroatoms. The van der Waals surface area contributed by atoms with Crippen LogP contribution < -0.4 is 43.2 Å². The molecule has 0 rings (SSSR count). The minimum Gasteiger partial charge on any atom is -0.364 e. The monoisotopic (exact) mass is 544 g/mol. The van der Waals surface area contributed by atoms with Crippen molar-refractivity contribution >= 4 is 105 Å². The molecule has 8 N–H and O–H groups in total. The fraction of sp³-hybridized carbons (Fsp3) is 0.375. The fourth-order valence-corrected chi connectivity index (χ4v) is 1.57. The second-order valence-electron chi connectivity index (χ2n) is 5.83. The first kappa shape index (κ1) is 30.8. The maximum Gasteiger partial charge on any atom is 0.207 e. The van der Waals surface area contributed by atoms with E-state index in [4.69, 9.17) is 48.9 Å². The Morgan fingerprint density at radius 3 is 1.00 bits per heavy atom. The van der Waals surface area contributed by atoms with Crippen molar-refractivity contribution in [1.82, 2.24) is 43.2 Å². The van der Waals surface area contributed by atoms with Crippen molar-refractivity contribution in [2.24, 2.45) is 30.6 Å². The molecule has 0 aromatic heterocycles. The highest BCUT2D eigenvalue weighted by atomic mass is 32.1. The lowest BCUT2D eigenvalue weighted by Gasteiger charge is -2.05. The van der Waals surface area contributed by atoms with E-state index in [1.165, 1.54) is 12.4 Å². The Hall–Kier alpha value is -3.22. The van der Waals surface area contributed by atoms with Gasteiger partial charge in [0, 0.05) is 14.1 Å². The second kappa shape index (κ2) is 18.2. The molecular weight excluding hydrogens is 517 g/mol. The minimum atomic E-state index is 0.174. The third-order valence-corrected chi connectivity index (χ3v) is 4.31. The van der Waals surface area contributed by atoms with Crippen molar-refractivity contribution < 1.29 is 0 Å². The molecule has 0 aliphatic heterocycles. The lowest BCUT2D eigenvalue weighted by Crippen LogP contribution is -2.32. The van der Waals surface area contributed by atoms with Gasteiger partial charge in [-0.15, -0.1) is 0 Å². The Morgan fingerprint density at radius 1 is 0.471 bits per heavy atom. The predicted octanol–water partition coefficient (Wildman–Crippen LogP) is -0.422. The average Bonchev–Trinajstić information content (AvgIpc) is 2.83. The molecule has 0 spiro atoms. The van der Waals surface area contributed by atoms with E-state index in [1.807, 2.05) is 0 Å². The van der Waals surface area contributed by atoms with Gasteiger partial charge in [0.05, 0.1) is 35.3 Å². The summed E-state index contributed by atoms with van der Waals surface area (Å²) in [5, 5.41) is 30.7. The molecular formula is C16H28N14S4. The molecule has 0 aromatic carbocycles. The molecule has 0 fully saturated rings. The van der Waals surface area contributed by atoms with Crippen molar-refractivity contribution in [3.8, 4) is 0 Å². The molecule has 0 saturated heterocycles. The zero-order valence-corrected chi connectivity index (χ0v) is 22.7. The molecule has 0 bridgehead atoms. The van der Waals surface area contributed by atoms with Crippen LogP contribution >= 0.6 is 48.9 Å². The molecule has 14 nitrogen and oxygen atoms in total. The van der Waals surface area contributed by atoms with Crippen molar-refractivity contribution in [3.63, 3.8) is 0 Å². The van der Waals surface area contributed by atoms with Crippen LogP contribution in [-0.4, -0.2) is 69.8 Å². The van der Waals surface area contributed by atoms with Gasteiger partial charge < -0.3 is 10.6 Å². The first-order valence-electron chi connectivity index (χ1n) is 9.40. The van der Waals surface area contributed by atoms with Crippen LogP contribution in [0, 0.1) is 0 Å². The van der Waals surface area contributed by atoms with Gasteiger partial charge in [-0.1, -0.05) is 0 Å². The summed E-state index contributed by atoms with van der Waals surface area (Å²) in [4.78, 5) is 0. The molecule has 0 amide bonds. The Bertz CT molecular complexity index is 845. The van der Waals surface area contributed by atoms with Crippen LogP contribution in [0.1, 0.15) is 27.7 Å². The number of hydrazone groups is 6. The summed E-state index contributed by atoms with van der Waals surface area (Å²) < 4.78 is 0. The average molecular weight is 545 g/mol. The topological polar surface area (TPSA) is 170 Å². The van der Waals surface area contributed by atoms with Crippen LogP contribution in [0.3, 0.4) is 0 Å². The van der Waals surface area contributed by atoms with Gasteiger partial charge in [-0.25, -0.2) is 0 Å². The SMILES string of the molecule is CNC(=S)N/N=C(C)/C(C)=N/NC(=S)N/N=C/C=N/NC(=S)N/N=C(C)/C(C)=N/NC(=S)NC. The van der Waals surface area contributed by atoms with Crippen LogP contribution in [0.15, 0.2) is 30.6 Å². The summed E-state index contributed by atoms with van der Waals surface area (Å²) in [6.45, 7) is 7.05. The normalized spacial score (nSPS) is 12.8. The minimum absolute atomic E-state index is 0.174. The highest BCUT2D eigenvalue weighted by Gasteiger charge is 2.00. The first-order chi connectivity index (χ1) is 16.1. The number of hydrogen-bond donors (Lipinski definition) is 8. The largest absolute Gasteiger partial charge is 0.364 e. The Morgan fingerprint density at radius 2 is 0.735 bits per heavy atom.